The number of halogens is 1. The Morgan fingerprint density at radius 2 is 1.79 bits per heavy atom. The van der Waals surface area contributed by atoms with E-state index < -0.39 is 0 Å². The highest BCUT2D eigenvalue weighted by Crippen LogP contribution is 2.39. The molecule has 2 rings (SSSR count). The van der Waals surface area contributed by atoms with Crippen LogP contribution in [-0.2, 0) is 13.0 Å². The molecule has 0 bridgehead atoms. The summed E-state index contributed by atoms with van der Waals surface area (Å²) in [6, 6.07) is 10.3. The molecule has 0 heterocycles. The van der Waals surface area contributed by atoms with Gasteiger partial charge in [-0.25, -0.2) is 9.38 Å². The molecule has 28 heavy (non-hydrogen) atoms. The van der Waals surface area contributed by atoms with Gasteiger partial charge in [-0.3, -0.25) is 0 Å². The van der Waals surface area contributed by atoms with Gasteiger partial charge in [-0.05, 0) is 43.2 Å². The van der Waals surface area contributed by atoms with Crippen LogP contribution in [0.15, 0.2) is 41.4 Å². The number of benzene rings is 2. The van der Waals surface area contributed by atoms with E-state index in [0.717, 1.165) is 17.7 Å². The van der Waals surface area contributed by atoms with E-state index in [1.165, 1.54) is 6.07 Å². The second kappa shape index (κ2) is 11.0. The van der Waals surface area contributed by atoms with Crippen molar-refractivity contribution in [3.05, 3.63) is 53.3 Å². The number of aliphatic imine (C=N–C) groups is 1. The van der Waals surface area contributed by atoms with E-state index in [4.69, 9.17) is 14.2 Å². The van der Waals surface area contributed by atoms with E-state index in [1.807, 2.05) is 25.1 Å². The molecule has 0 amide bonds. The van der Waals surface area contributed by atoms with Gasteiger partial charge in [-0.1, -0.05) is 12.1 Å². The van der Waals surface area contributed by atoms with Crippen LogP contribution in [0.1, 0.15) is 18.1 Å². The second-order valence-corrected chi connectivity index (χ2v) is 6.00. The number of guanidine groups is 1. The van der Waals surface area contributed by atoms with Crippen LogP contribution in [0.5, 0.6) is 17.2 Å². The average molecular weight is 389 g/mol. The minimum Gasteiger partial charge on any atom is -0.493 e. The van der Waals surface area contributed by atoms with Crippen molar-refractivity contribution < 1.29 is 18.6 Å². The molecule has 6 nitrogen and oxygen atoms in total. The fraction of sp³-hybridized carbons (Fsp3) is 0.381. The number of nitrogens with one attached hydrogen (secondary N) is 2. The van der Waals surface area contributed by atoms with E-state index in [0.29, 0.717) is 42.7 Å². The van der Waals surface area contributed by atoms with Gasteiger partial charge in [-0.15, -0.1) is 0 Å². The van der Waals surface area contributed by atoms with Crippen LogP contribution in [0.4, 0.5) is 4.39 Å². The molecule has 0 aliphatic carbocycles. The highest BCUT2D eigenvalue weighted by molar-refractivity contribution is 5.79. The summed E-state index contributed by atoms with van der Waals surface area (Å²) in [6.07, 6.45) is 0.696. The molecule has 2 aromatic rings. The molecule has 0 aliphatic heterocycles. The third kappa shape index (κ3) is 5.77. The summed E-state index contributed by atoms with van der Waals surface area (Å²) in [4.78, 5) is 4.62. The second-order valence-electron chi connectivity index (χ2n) is 6.00. The molecule has 0 radical (unpaired) electrons. The summed E-state index contributed by atoms with van der Waals surface area (Å²) in [6.45, 7) is 3.77. The first-order valence-electron chi connectivity index (χ1n) is 9.17. The van der Waals surface area contributed by atoms with E-state index in [-0.39, 0.29) is 5.82 Å². The summed E-state index contributed by atoms with van der Waals surface area (Å²) >= 11 is 0. The Morgan fingerprint density at radius 3 is 2.43 bits per heavy atom. The van der Waals surface area contributed by atoms with Crippen LogP contribution >= 0.6 is 0 Å². The molecule has 0 saturated carbocycles. The van der Waals surface area contributed by atoms with Gasteiger partial charge in [-0.2, -0.15) is 0 Å². The molecule has 0 saturated heterocycles. The number of ether oxygens (including phenoxy) is 3. The molecule has 0 atom stereocenters. The molecule has 0 aliphatic rings. The predicted molar refractivity (Wildman–Crippen MR) is 109 cm³/mol. The van der Waals surface area contributed by atoms with Gasteiger partial charge in [0, 0.05) is 18.7 Å². The summed E-state index contributed by atoms with van der Waals surface area (Å²) in [5, 5.41) is 6.47. The first kappa shape index (κ1) is 21.3. The summed E-state index contributed by atoms with van der Waals surface area (Å²) in [5.41, 5.74) is 1.81. The Hall–Kier alpha value is -2.96. The lowest BCUT2D eigenvalue weighted by atomic mass is 10.1. The lowest BCUT2D eigenvalue weighted by Gasteiger charge is -2.16. The van der Waals surface area contributed by atoms with Crippen molar-refractivity contribution in [2.24, 2.45) is 4.99 Å². The maximum absolute atomic E-state index is 13.3. The van der Waals surface area contributed by atoms with Gasteiger partial charge >= 0.3 is 0 Å². The summed E-state index contributed by atoms with van der Waals surface area (Å²) in [7, 11) is 4.75. The molecule has 0 aromatic heterocycles. The Morgan fingerprint density at radius 1 is 1.00 bits per heavy atom. The number of hydrogen-bond acceptors (Lipinski definition) is 4. The lowest BCUT2D eigenvalue weighted by molar-refractivity contribution is 0.322. The fourth-order valence-corrected chi connectivity index (χ4v) is 2.81. The molecule has 2 aromatic carbocycles. The van der Waals surface area contributed by atoms with Crippen molar-refractivity contribution in [2.45, 2.75) is 19.9 Å². The van der Waals surface area contributed by atoms with Crippen LogP contribution in [-0.4, -0.2) is 40.4 Å². The number of methoxy groups -OCH3 is 3. The molecular weight excluding hydrogens is 361 g/mol. The third-order valence-corrected chi connectivity index (χ3v) is 4.13. The smallest absolute Gasteiger partial charge is 0.203 e. The number of nitrogens with zero attached hydrogens (tertiary/aromatic N) is 1. The molecule has 152 valence electrons. The maximum atomic E-state index is 13.3. The molecule has 0 spiro atoms. The Kier molecular flexibility index (Phi) is 8.39. The van der Waals surface area contributed by atoms with Crippen LogP contribution in [0.25, 0.3) is 0 Å². The summed E-state index contributed by atoms with van der Waals surface area (Å²) < 4.78 is 29.5. The molecule has 2 N–H and O–H groups in total. The van der Waals surface area contributed by atoms with Crippen LogP contribution in [0, 0.1) is 5.82 Å². The lowest BCUT2D eigenvalue weighted by Crippen LogP contribution is -2.38. The van der Waals surface area contributed by atoms with Gasteiger partial charge in [0.05, 0.1) is 27.9 Å². The zero-order valence-electron chi connectivity index (χ0n) is 16.8. The van der Waals surface area contributed by atoms with Crippen LogP contribution in [0.2, 0.25) is 0 Å². The van der Waals surface area contributed by atoms with Crippen molar-refractivity contribution in [1.29, 1.82) is 0 Å². The standard InChI is InChI=1S/C21H28FN3O3/c1-5-23-21(24-12-11-15-7-6-8-17(22)13-15)25-14-16-9-10-18(26-2)20(28-4)19(16)27-3/h6-10,13H,5,11-12,14H2,1-4H3,(H2,23,24,25). The van der Waals surface area contributed by atoms with Gasteiger partial charge in [0.15, 0.2) is 17.5 Å². The normalized spacial score (nSPS) is 11.1. The Labute approximate surface area is 165 Å². The quantitative estimate of drug-likeness (QED) is 0.510. The molecule has 7 heteroatoms. The third-order valence-electron chi connectivity index (χ3n) is 4.13. The van der Waals surface area contributed by atoms with Crippen LogP contribution in [0.3, 0.4) is 0 Å². The maximum Gasteiger partial charge on any atom is 0.203 e. The zero-order chi connectivity index (χ0) is 20.4. The summed E-state index contributed by atoms with van der Waals surface area (Å²) in [5.74, 6) is 2.20. The van der Waals surface area contributed by atoms with E-state index in [1.54, 1.807) is 33.5 Å². The molecule has 0 unspecified atom stereocenters. The van der Waals surface area contributed by atoms with E-state index >= 15 is 0 Å². The SMILES string of the molecule is CCNC(=NCc1ccc(OC)c(OC)c1OC)NCCc1cccc(F)c1. The Balaban J connectivity index is 2.07. The number of hydrogen-bond donors (Lipinski definition) is 2. The van der Waals surface area contributed by atoms with Gasteiger partial charge in [0.2, 0.25) is 5.75 Å². The first-order chi connectivity index (χ1) is 13.6. The predicted octanol–water partition coefficient (Wildman–Crippen LogP) is 3.15. The minimum absolute atomic E-state index is 0.223. The van der Waals surface area contributed by atoms with E-state index in [2.05, 4.69) is 15.6 Å². The molecule has 0 fully saturated rings. The van der Waals surface area contributed by atoms with Crippen molar-refractivity contribution in [3.8, 4) is 17.2 Å². The largest absolute Gasteiger partial charge is 0.493 e. The van der Waals surface area contributed by atoms with Gasteiger partial charge in [0.25, 0.3) is 0 Å². The van der Waals surface area contributed by atoms with Gasteiger partial charge in [0.1, 0.15) is 5.82 Å². The Bertz CT molecular complexity index is 796. The fourth-order valence-electron chi connectivity index (χ4n) is 2.81. The minimum atomic E-state index is -0.223. The van der Waals surface area contributed by atoms with Crippen molar-refractivity contribution in [2.75, 3.05) is 34.4 Å². The van der Waals surface area contributed by atoms with Crippen molar-refractivity contribution >= 4 is 5.96 Å². The zero-order valence-corrected chi connectivity index (χ0v) is 16.8. The topological polar surface area (TPSA) is 64.1 Å². The monoisotopic (exact) mass is 389 g/mol. The van der Waals surface area contributed by atoms with Crippen molar-refractivity contribution in [3.63, 3.8) is 0 Å². The highest BCUT2D eigenvalue weighted by atomic mass is 19.1. The van der Waals surface area contributed by atoms with Crippen LogP contribution < -0.4 is 24.8 Å². The average Bonchev–Trinajstić information content (AvgIpc) is 2.71. The number of rotatable bonds is 9. The highest BCUT2D eigenvalue weighted by Gasteiger charge is 2.15. The van der Waals surface area contributed by atoms with Crippen molar-refractivity contribution in [1.82, 2.24) is 10.6 Å². The first-order valence-corrected chi connectivity index (χ1v) is 9.17. The van der Waals surface area contributed by atoms with E-state index in [9.17, 15) is 4.39 Å². The molecular formula is C21H28FN3O3. The van der Waals surface area contributed by atoms with Gasteiger partial charge < -0.3 is 24.8 Å².